The molecule has 0 radical (unpaired) electrons. The van der Waals surface area contributed by atoms with Gasteiger partial charge in [0.1, 0.15) is 5.75 Å². The second-order valence-corrected chi connectivity index (χ2v) is 4.60. The van der Waals surface area contributed by atoms with E-state index in [0.717, 1.165) is 23.7 Å². The van der Waals surface area contributed by atoms with Crippen LogP contribution < -0.4 is 10.1 Å². The van der Waals surface area contributed by atoms with Gasteiger partial charge in [-0.15, -0.1) is 0 Å². The second kappa shape index (κ2) is 10.1. The van der Waals surface area contributed by atoms with Gasteiger partial charge in [0.05, 0.1) is 26.0 Å². The van der Waals surface area contributed by atoms with Crippen LogP contribution in [0, 0.1) is 6.92 Å². The minimum absolute atomic E-state index is 0.220. The molecule has 1 heterocycles. The summed E-state index contributed by atoms with van der Waals surface area (Å²) in [7, 11) is 3.05. The number of pyridine rings is 1. The molecule has 1 rings (SSSR count). The van der Waals surface area contributed by atoms with Crippen LogP contribution in [0.4, 0.5) is 0 Å². The number of rotatable bonds is 10. The van der Waals surface area contributed by atoms with E-state index < -0.39 is 0 Å². The van der Waals surface area contributed by atoms with Crippen LogP contribution in [0.1, 0.15) is 24.2 Å². The Morgan fingerprint density at radius 2 is 2.10 bits per heavy atom. The van der Waals surface area contributed by atoms with Crippen molar-refractivity contribution in [2.45, 2.75) is 26.3 Å². The van der Waals surface area contributed by atoms with Crippen LogP contribution in [0.15, 0.2) is 12.1 Å². The molecule has 0 aromatic carbocycles. The molecule has 0 saturated heterocycles. The first-order chi connectivity index (χ1) is 10.2. The lowest BCUT2D eigenvalue weighted by Gasteiger charge is -2.12. The van der Waals surface area contributed by atoms with Gasteiger partial charge in [0.2, 0.25) is 0 Å². The smallest absolute Gasteiger partial charge is 0.305 e. The van der Waals surface area contributed by atoms with E-state index in [1.54, 1.807) is 7.11 Å². The third-order valence-corrected chi connectivity index (χ3v) is 2.86. The number of hydrogen-bond donors (Lipinski definition) is 1. The molecule has 0 fully saturated rings. The highest BCUT2D eigenvalue weighted by molar-refractivity contribution is 5.69. The van der Waals surface area contributed by atoms with Gasteiger partial charge in [-0.25, -0.2) is 0 Å². The standard InChI is InChI=1S/C15H24N2O4/c1-12-6-7-14(21-9-4-5-15(18)20-3)13(17-12)11-16-8-10-19-2/h6-7,16H,4-5,8-11H2,1-3H3. The van der Waals surface area contributed by atoms with Gasteiger partial charge in [0.25, 0.3) is 0 Å². The summed E-state index contributed by atoms with van der Waals surface area (Å²) in [5.41, 5.74) is 1.81. The van der Waals surface area contributed by atoms with Gasteiger partial charge in [-0.2, -0.15) is 0 Å². The number of nitrogens with zero attached hydrogens (tertiary/aromatic N) is 1. The quantitative estimate of drug-likeness (QED) is 0.521. The van der Waals surface area contributed by atoms with Crippen molar-refractivity contribution in [1.29, 1.82) is 0 Å². The van der Waals surface area contributed by atoms with Crippen molar-refractivity contribution >= 4 is 5.97 Å². The van der Waals surface area contributed by atoms with Crippen LogP contribution in [0.2, 0.25) is 0 Å². The number of carbonyl (C=O) groups is 1. The highest BCUT2D eigenvalue weighted by Gasteiger charge is 2.07. The summed E-state index contributed by atoms with van der Waals surface area (Å²) in [5, 5.41) is 3.25. The first-order valence-electron chi connectivity index (χ1n) is 7.03. The van der Waals surface area contributed by atoms with Gasteiger partial charge in [-0.05, 0) is 25.5 Å². The molecule has 0 atom stereocenters. The van der Waals surface area contributed by atoms with Crippen LogP contribution in [-0.2, 0) is 20.8 Å². The summed E-state index contributed by atoms with van der Waals surface area (Å²) in [4.78, 5) is 15.5. The average molecular weight is 296 g/mol. The fourth-order valence-electron chi connectivity index (χ4n) is 1.74. The molecular weight excluding hydrogens is 272 g/mol. The van der Waals surface area contributed by atoms with Crippen LogP contribution in [0.5, 0.6) is 5.75 Å². The first-order valence-corrected chi connectivity index (χ1v) is 7.03. The molecule has 0 unspecified atom stereocenters. The SMILES string of the molecule is COCCNCc1nc(C)ccc1OCCCC(=O)OC. The van der Waals surface area contributed by atoms with Crippen molar-refractivity contribution in [2.24, 2.45) is 0 Å². The predicted molar refractivity (Wildman–Crippen MR) is 79.3 cm³/mol. The third-order valence-electron chi connectivity index (χ3n) is 2.86. The van der Waals surface area contributed by atoms with Gasteiger partial charge in [-0.3, -0.25) is 9.78 Å². The van der Waals surface area contributed by atoms with E-state index in [2.05, 4.69) is 15.0 Å². The Labute approximate surface area is 125 Å². The number of aromatic nitrogens is 1. The number of carbonyl (C=O) groups excluding carboxylic acids is 1. The number of aryl methyl sites for hydroxylation is 1. The number of hydrogen-bond acceptors (Lipinski definition) is 6. The fraction of sp³-hybridized carbons (Fsp3) is 0.600. The Balaban J connectivity index is 2.46. The molecular formula is C15H24N2O4. The molecule has 1 aromatic heterocycles. The zero-order valence-corrected chi connectivity index (χ0v) is 13.0. The van der Waals surface area contributed by atoms with Gasteiger partial charge in [0.15, 0.2) is 0 Å². The number of methoxy groups -OCH3 is 2. The summed E-state index contributed by atoms with van der Waals surface area (Å²) < 4.78 is 15.3. The molecule has 6 heteroatoms. The lowest BCUT2D eigenvalue weighted by molar-refractivity contribution is -0.140. The van der Waals surface area contributed by atoms with Crippen LogP contribution in [0.25, 0.3) is 0 Å². The van der Waals surface area contributed by atoms with Gasteiger partial charge < -0.3 is 19.5 Å². The Kier molecular flexibility index (Phi) is 8.38. The maximum atomic E-state index is 11.0. The minimum atomic E-state index is -0.220. The molecule has 1 N–H and O–H groups in total. The number of ether oxygens (including phenoxy) is 3. The van der Waals surface area contributed by atoms with Crippen LogP contribution >= 0.6 is 0 Å². The number of esters is 1. The Morgan fingerprint density at radius 3 is 2.81 bits per heavy atom. The van der Waals surface area contributed by atoms with Crippen molar-refractivity contribution in [3.8, 4) is 5.75 Å². The van der Waals surface area contributed by atoms with E-state index in [1.807, 2.05) is 19.1 Å². The van der Waals surface area contributed by atoms with E-state index in [0.29, 0.717) is 32.6 Å². The molecule has 0 spiro atoms. The zero-order chi connectivity index (χ0) is 15.5. The monoisotopic (exact) mass is 296 g/mol. The maximum absolute atomic E-state index is 11.0. The molecule has 0 amide bonds. The molecule has 0 saturated carbocycles. The van der Waals surface area contributed by atoms with E-state index in [1.165, 1.54) is 7.11 Å². The summed E-state index contributed by atoms with van der Waals surface area (Å²) in [5.74, 6) is 0.525. The molecule has 6 nitrogen and oxygen atoms in total. The Bertz CT molecular complexity index is 438. The van der Waals surface area contributed by atoms with E-state index in [9.17, 15) is 4.79 Å². The van der Waals surface area contributed by atoms with E-state index in [-0.39, 0.29) is 5.97 Å². The van der Waals surface area contributed by atoms with Crippen molar-refractivity contribution in [1.82, 2.24) is 10.3 Å². The molecule has 0 aliphatic rings. The van der Waals surface area contributed by atoms with Gasteiger partial charge in [-0.1, -0.05) is 0 Å². The Morgan fingerprint density at radius 1 is 1.29 bits per heavy atom. The largest absolute Gasteiger partial charge is 0.492 e. The Hall–Kier alpha value is -1.66. The first kappa shape index (κ1) is 17.4. The second-order valence-electron chi connectivity index (χ2n) is 4.60. The summed E-state index contributed by atoms with van der Waals surface area (Å²) in [6, 6.07) is 3.82. The average Bonchev–Trinajstić information content (AvgIpc) is 2.49. The minimum Gasteiger partial charge on any atom is -0.492 e. The zero-order valence-electron chi connectivity index (χ0n) is 13.0. The molecule has 0 aliphatic carbocycles. The van der Waals surface area contributed by atoms with E-state index in [4.69, 9.17) is 9.47 Å². The highest BCUT2D eigenvalue weighted by atomic mass is 16.5. The summed E-state index contributed by atoms with van der Waals surface area (Å²) in [6.07, 6.45) is 0.980. The van der Waals surface area contributed by atoms with Gasteiger partial charge in [0, 0.05) is 32.3 Å². The van der Waals surface area contributed by atoms with Crippen molar-refractivity contribution in [3.63, 3.8) is 0 Å². The highest BCUT2D eigenvalue weighted by Crippen LogP contribution is 2.17. The molecule has 1 aromatic rings. The normalized spacial score (nSPS) is 10.4. The van der Waals surface area contributed by atoms with Crippen molar-refractivity contribution in [3.05, 3.63) is 23.5 Å². The molecule has 0 aliphatic heterocycles. The predicted octanol–water partition coefficient (Wildman–Crippen LogP) is 1.46. The topological polar surface area (TPSA) is 69.7 Å². The van der Waals surface area contributed by atoms with E-state index >= 15 is 0 Å². The summed E-state index contributed by atoms with van der Waals surface area (Å²) >= 11 is 0. The van der Waals surface area contributed by atoms with Crippen LogP contribution in [0.3, 0.4) is 0 Å². The van der Waals surface area contributed by atoms with Crippen molar-refractivity contribution < 1.29 is 19.0 Å². The maximum Gasteiger partial charge on any atom is 0.305 e. The lowest BCUT2D eigenvalue weighted by atomic mass is 10.2. The molecule has 0 bridgehead atoms. The lowest BCUT2D eigenvalue weighted by Crippen LogP contribution is -2.20. The summed E-state index contributed by atoms with van der Waals surface area (Å²) in [6.45, 7) is 4.44. The van der Waals surface area contributed by atoms with Gasteiger partial charge >= 0.3 is 5.97 Å². The van der Waals surface area contributed by atoms with Crippen molar-refractivity contribution in [2.75, 3.05) is 34.0 Å². The fourth-order valence-corrected chi connectivity index (χ4v) is 1.74. The number of nitrogens with one attached hydrogen (secondary N) is 1. The third kappa shape index (κ3) is 7.06. The van der Waals surface area contributed by atoms with Crippen LogP contribution in [-0.4, -0.2) is 44.9 Å². The molecule has 118 valence electrons. The molecule has 21 heavy (non-hydrogen) atoms.